The van der Waals surface area contributed by atoms with Crippen molar-refractivity contribution in [1.82, 2.24) is 0 Å². The molecule has 0 aromatic heterocycles. The molecule has 0 atom stereocenters. The fourth-order valence-corrected chi connectivity index (χ4v) is 3.14. The van der Waals surface area contributed by atoms with Gasteiger partial charge >= 0.3 is 0 Å². The first-order valence-corrected chi connectivity index (χ1v) is 8.72. The lowest BCUT2D eigenvalue weighted by Gasteiger charge is -2.19. The Hall–Kier alpha value is -2.76. The molecular formula is C22H24O5. The molecule has 0 aliphatic carbocycles. The highest BCUT2D eigenvalue weighted by Crippen LogP contribution is 2.41. The van der Waals surface area contributed by atoms with Gasteiger partial charge in [-0.3, -0.25) is 0 Å². The fraction of sp³-hybridized carbons (Fsp3) is 0.273. The van der Waals surface area contributed by atoms with E-state index in [0.29, 0.717) is 29.4 Å². The Bertz CT molecular complexity index is 906. The highest BCUT2D eigenvalue weighted by atomic mass is 16.7. The van der Waals surface area contributed by atoms with E-state index in [0.717, 1.165) is 21.9 Å². The average molecular weight is 368 g/mol. The maximum Gasteiger partial charge on any atom is 0.188 e. The van der Waals surface area contributed by atoms with Crippen LogP contribution < -0.4 is 14.2 Å². The second-order valence-electron chi connectivity index (χ2n) is 6.18. The normalized spacial score (nSPS) is 10.8. The Balaban J connectivity index is 2.09. The van der Waals surface area contributed by atoms with Gasteiger partial charge in [-0.2, -0.15) is 0 Å². The van der Waals surface area contributed by atoms with E-state index in [1.165, 1.54) is 0 Å². The summed E-state index contributed by atoms with van der Waals surface area (Å²) in [6.07, 6.45) is 0. The molecule has 0 bridgehead atoms. The summed E-state index contributed by atoms with van der Waals surface area (Å²) in [5, 5.41) is 11.7. The third-order valence-electron chi connectivity index (χ3n) is 4.40. The predicted molar refractivity (Wildman–Crippen MR) is 104 cm³/mol. The first kappa shape index (κ1) is 19.0. The molecular weight excluding hydrogens is 344 g/mol. The number of benzene rings is 3. The Morgan fingerprint density at radius 3 is 2.33 bits per heavy atom. The summed E-state index contributed by atoms with van der Waals surface area (Å²) < 4.78 is 22.3. The SMILES string of the molecule is COCOc1c(C)cc2c(OCc3ccccc3)c(OC)ccc2c1CO. The summed E-state index contributed by atoms with van der Waals surface area (Å²) in [6.45, 7) is 2.32. The van der Waals surface area contributed by atoms with E-state index in [-0.39, 0.29) is 13.4 Å². The molecule has 0 fully saturated rings. The van der Waals surface area contributed by atoms with Crippen LogP contribution in [0.5, 0.6) is 17.2 Å². The van der Waals surface area contributed by atoms with Crippen LogP contribution in [0, 0.1) is 6.92 Å². The number of methoxy groups -OCH3 is 2. The van der Waals surface area contributed by atoms with Gasteiger partial charge in [0.25, 0.3) is 0 Å². The lowest BCUT2D eigenvalue weighted by atomic mass is 9.99. The van der Waals surface area contributed by atoms with Gasteiger partial charge in [-0.25, -0.2) is 0 Å². The van der Waals surface area contributed by atoms with Gasteiger partial charge in [-0.15, -0.1) is 0 Å². The van der Waals surface area contributed by atoms with E-state index >= 15 is 0 Å². The zero-order valence-electron chi connectivity index (χ0n) is 15.8. The zero-order valence-corrected chi connectivity index (χ0v) is 15.8. The largest absolute Gasteiger partial charge is 0.493 e. The zero-order chi connectivity index (χ0) is 19.2. The summed E-state index contributed by atoms with van der Waals surface area (Å²) in [4.78, 5) is 0. The third-order valence-corrected chi connectivity index (χ3v) is 4.40. The molecule has 0 saturated heterocycles. The van der Waals surface area contributed by atoms with Crippen molar-refractivity contribution < 1.29 is 24.1 Å². The lowest BCUT2D eigenvalue weighted by molar-refractivity contribution is 0.0491. The quantitative estimate of drug-likeness (QED) is 0.604. The highest BCUT2D eigenvalue weighted by Gasteiger charge is 2.18. The molecule has 142 valence electrons. The molecule has 3 aromatic carbocycles. The van der Waals surface area contributed by atoms with Crippen LogP contribution in [-0.2, 0) is 18.0 Å². The first-order valence-electron chi connectivity index (χ1n) is 8.72. The van der Waals surface area contributed by atoms with Crippen LogP contribution in [-0.4, -0.2) is 26.1 Å². The maximum atomic E-state index is 9.97. The Morgan fingerprint density at radius 1 is 0.889 bits per heavy atom. The van der Waals surface area contributed by atoms with E-state index in [1.54, 1.807) is 14.2 Å². The fourth-order valence-electron chi connectivity index (χ4n) is 3.14. The number of aliphatic hydroxyl groups is 1. The average Bonchev–Trinajstić information content (AvgIpc) is 2.70. The van der Waals surface area contributed by atoms with Crippen LogP contribution in [0.4, 0.5) is 0 Å². The van der Waals surface area contributed by atoms with Gasteiger partial charge in [0.1, 0.15) is 12.4 Å². The van der Waals surface area contributed by atoms with Gasteiger partial charge in [0, 0.05) is 18.1 Å². The van der Waals surface area contributed by atoms with Crippen LogP contribution in [0.2, 0.25) is 0 Å². The van der Waals surface area contributed by atoms with Crippen molar-refractivity contribution in [3.8, 4) is 17.2 Å². The van der Waals surface area contributed by atoms with E-state index < -0.39 is 0 Å². The van der Waals surface area contributed by atoms with Gasteiger partial charge in [0.05, 0.1) is 13.7 Å². The predicted octanol–water partition coefficient (Wildman–Crippen LogP) is 4.21. The number of aryl methyl sites for hydroxylation is 1. The Kier molecular flexibility index (Phi) is 6.16. The van der Waals surface area contributed by atoms with Crippen molar-refractivity contribution in [2.24, 2.45) is 0 Å². The van der Waals surface area contributed by atoms with E-state index in [1.807, 2.05) is 55.5 Å². The number of fused-ring (bicyclic) bond motifs is 1. The monoisotopic (exact) mass is 368 g/mol. The van der Waals surface area contributed by atoms with E-state index in [4.69, 9.17) is 18.9 Å². The number of hydrogen-bond donors (Lipinski definition) is 1. The van der Waals surface area contributed by atoms with Gasteiger partial charge < -0.3 is 24.1 Å². The third kappa shape index (κ3) is 3.99. The van der Waals surface area contributed by atoms with E-state index in [9.17, 15) is 5.11 Å². The molecule has 5 nitrogen and oxygen atoms in total. The molecule has 0 radical (unpaired) electrons. The molecule has 5 heteroatoms. The lowest BCUT2D eigenvalue weighted by Crippen LogP contribution is -2.05. The number of hydrogen-bond acceptors (Lipinski definition) is 5. The molecule has 0 spiro atoms. The van der Waals surface area contributed by atoms with Gasteiger partial charge in [0.2, 0.25) is 0 Å². The maximum absolute atomic E-state index is 9.97. The first-order chi connectivity index (χ1) is 13.2. The van der Waals surface area contributed by atoms with Gasteiger partial charge in [-0.1, -0.05) is 30.3 Å². The molecule has 0 saturated carbocycles. The van der Waals surface area contributed by atoms with Crippen molar-refractivity contribution in [2.75, 3.05) is 21.0 Å². The number of ether oxygens (including phenoxy) is 4. The number of rotatable bonds is 8. The second kappa shape index (κ2) is 8.75. The standard InChI is InChI=1S/C22H24O5/c1-15-11-18-17(19(12-23)21(15)27-14-24-2)9-10-20(25-3)22(18)26-13-16-7-5-4-6-8-16/h4-11,23H,12-14H2,1-3H3. The summed E-state index contributed by atoms with van der Waals surface area (Å²) >= 11 is 0. The van der Waals surface area contributed by atoms with Gasteiger partial charge in [0.15, 0.2) is 18.3 Å². The smallest absolute Gasteiger partial charge is 0.188 e. The van der Waals surface area contributed by atoms with Crippen molar-refractivity contribution in [3.63, 3.8) is 0 Å². The van der Waals surface area contributed by atoms with Crippen LogP contribution in [0.1, 0.15) is 16.7 Å². The van der Waals surface area contributed by atoms with Crippen LogP contribution in [0.3, 0.4) is 0 Å². The minimum absolute atomic E-state index is 0.118. The van der Waals surface area contributed by atoms with Crippen LogP contribution in [0.15, 0.2) is 48.5 Å². The molecule has 0 unspecified atom stereocenters. The summed E-state index contributed by atoms with van der Waals surface area (Å²) in [5.74, 6) is 1.92. The van der Waals surface area contributed by atoms with Crippen molar-refractivity contribution in [3.05, 3.63) is 65.2 Å². The molecule has 0 amide bonds. The Morgan fingerprint density at radius 2 is 1.67 bits per heavy atom. The highest BCUT2D eigenvalue weighted by molar-refractivity contribution is 5.95. The van der Waals surface area contributed by atoms with Crippen molar-refractivity contribution >= 4 is 10.8 Å². The minimum atomic E-state index is -0.151. The van der Waals surface area contributed by atoms with Gasteiger partial charge in [-0.05, 0) is 41.6 Å². The summed E-state index contributed by atoms with van der Waals surface area (Å²) in [5.41, 5.74) is 2.66. The molecule has 0 heterocycles. The molecule has 0 aliphatic heterocycles. The molecule has 27 heavy (non-hydrogen) atoms. The summed E-state index contributed by atoms with van der Waals surface area (Å²) in [6, 6.07) is 15.7. The summed E-state index contributed by atoms with van der Waals surface area (Å²) in [7, 11) is 3.18. The number of aliphatic hydroxyl groups excluding tert-OH is 1. The second-order valence-corrected chi connectivity index (χ2v) is 6.18. The van der Waals surface area contributed by atoms with Crippen molar-refractivity contribution in [1.29, 1.82) is 0 Å². The van der Waals surface area contributed by atoms with E-state index in [2.05, 4.69) is 0 Å². The van der Waals surface area contributed by atoms with Crippen LogP contribution >= 0.6 is 0 Å². The molecule has 1 N–H and O–H groups in total. The topological polar surface area (TPSA) is 57.2 Å². The van der Waals surface area contributed by atoms with Crippen molar-refractivity contribution in [2.45, 2.75) is 20.1 Å². The molecule has 0 aliphatic rings. The Labute approximate surface area is 159 Å². The molecule has 3 aromatic rings. The molecule has 3 rings (SSSR count). The minimum Gasteiger partial charge on any atom is -0.493 e. The van der Waals surface area contributed by atoms with Crippen LogP contribution in [0.25, 0.3) is 10.8 Å².